The summed E-state index contributed by atoms with van der Waals surface area (Å²) in [6, 6.07) is 0.179. The van der Waals surface area contributed by atoms with Crippen LogP contribution in [0.4, 0.5) is 0 Å². The lowest BCUT2D eigenvalue weighted by Gasteiger charge is -2.13. The van der Waals surface area contributed by atoms with E-state index in [1.54, 1.807) is 7.05 Å². The van der Waals surface area contributed by atoms with Gasteiger partial charge in [0.15, 0.2) is 5.96 Å². The first-order chi connectivity index (χ1) is 9.95. The van der Waals surface area contributed by atoms with Gasteiger partial charge in [0, 0.05) is 39.2 Å². The van der Waals surface area contributed by atoms with E-state index in [0.29, 0.717) is 38.0 Å². The molecule has 0 aromatic rings. The number of aliphatic imine (C=N–C) groups is 1. The summed E-state index contributed by atoms with van der Waals surface area (Å²) in [5.74, 6) is 1.41. The molecule has 3 N–H and O–H groups in total. The molecule has 0 fully saturated rings. The SMILES string of the molecule is CN=C(NCCOCCC(C)C)NCCC(=O)NC(C)C.I. The number of carbonyl (C=O) groups is 1. The number of rotatable bonds is 10. The molecule has 1 amide bonds. The molecular weight excluding hydrogens is 395 g/mol. The van der Waals surface area contributed by atoms with E-state index in [1.807, 2.05) is 13.8 Å². The molecule has 6 nitrogen and oxygen atoms in total. The number of amides is 1. The summed E-state index contributed by atoms with van der Waals surface area (Å²) in [5, 5.41) is 9.11. The lowest BCUT2D eigenvalue weighted by Crippen LogP contribution is -2.41. The average molecular weight is 428 g/mol. The number of halogens is 1. The fraction of sp³-hybridized carbons (Fsp3) is 0.867. The minimum atomic E-state index is 0. The monoisotopic (exact) mass is 428 g/mol. The molecule has 0 saturated heterocycles. The zero-order chi connectivity index (χ0) is 16.1. The van der Waals surface area contributed by atoms with Crippen molar-refractivity contribution in [2.45, 2.75) is 46.6 Å². The van der Waals surface area contributed by atoms with Crippen molar-refractivity contribution in [1.82, 2.24) is 16.0 Å². The molecule has 0 aromatic heterocycles. The Morgan fingerprint density at radius 3 is 2.27 bits per heavy atom. The molecule has 0 radical (unpaired) electrons. The number of guanidine groups is 1. The molecule has 0 aliphatic heterocycles. The van der Waals surface area contributed by atoms with E-state index in [1.165, 1.54) is 0 Å². The van der Waals surface area contributed by atoms with Crippen LogP contribution in [0.5, 0.6) is 0 Å². The van der Waals surface area contributed by atoms with Gasteiger partial charge in [-0.25, -0.2) is 0 Å². The van der Waals surface area contributed by atoms with Crippen LogP contribution in [-0.4, -0.2) is 51.3 Å². The van der Waals surface area contributed by atoms with Gasteiger partial charge in [-0.15, -0.1) is 24.0 Å². The fourth-order valence-electron chi connectivity index (χ4n) is 1.57. The van der Waals surface area contributed by atoms with Gasteiger partial charge in [-0.2, -0.15) is 0 Å². The Labute approximate surface area is 152 Å². The Hall–Kier alpha value is -0.570. The fourth-order valence-corrected chi connectivity index (χ4v) is 1.57. The van der Waals surface area contributed by atoms with Gasteiger partial charge in [0.05, 0.1) is 6.61 Å². The third-order valence-electron chi connectivity index (χ3n) is 2.70. The zero-order valence-electron chi connectivity index (χ0n) is 14.6. The Bertz CT molecular complexity index is 310. The maximum atomic E-state index is 11.5. The summed E-state index contributed by atoms with van der Waals surface area (Å²) in [6.07, 6.45) is 1.52. The summed E-state index contributed by atoms with van der Waals surface area (Å²) >= 11 is 0. The van der Waals surface area contributed by atoms with E-state index in [4.69, 9.17) is 4.74 Å². The molecular formula is C15H33IN4O2. The van der Waals surface area contributed by atoms with E-state index in [9.17, 15) is 4.79 Å². The Kier molecular flexibility index (Phi) is 16.5. The van der Waals surface area contributed by atoms with Crippen molar-refractivity contribution in [2.24, 2.45) is 10.9 Å². The van der Waals surface area contributed by atoms with Gasteiger partial charge < -0.3 is 20.7 Å². The van der Waals surface area contributed by atoms with Gasteiger partial charge in [-0.1, -0.05) is 13.8 Å². The molecule has 132 valence electrons. The number of carbonyl (C=O) groups excluding carboxylic acids is 1. The third kappa shape index (κ3) is 15.8. The second-order valence-corrected chi connectivity index (χ2v) is 5.69. The predicted octanol–water partition coefficient (Wildman–Crippen LogP) is 1.75. The van der Waals surface area contributed by atoms with Crippen LogP contribution >= 0.6 is 24.0 Å². The normalized spacial score (nSPS) is 11.3. The van der Waals surface area contributed by atoms with Crippen LogP contribution in [0.1, 0.15) is 40.5 Å². The Balaban J connectivity index is 0. The summed E-state index contributed by atoms with van der Waals surface area (Å²) in [7, 11) is 1.71. The molecule has 0 aliphatic carbocycles. The highest BCUT2D eigenvalue weighted by Crippen LogP contribution is 1.98. The average Bonchev–Trinajstić information content (AvgIpc) is 2.39. The van der Waals surface area contributed by atoms with Crippen molar-refractivity contribution in [3.8, 4) is 0 Å². The summed E-state index contributed by atoms with van der Waals surface area (Å²) in [5.41, 5.74) is 0. The van der Waals surface area contributed by atoms with E-state index in [-0.39, 0.29) is 35.9 Å². The summed E-state index contributed by atoms with van der Waals surface area (Å²) < 4.78 is 5.52. The molecule has 0 saturated carbocycles. The molecule has 0 bridgehead atoms. The second-order valence-electron chi connectivity index (χ2n) is 5.69. The Morgan fingerprint density at radius 2 is 1.73 bits per heavy atom. The van der Waals surface area contributed by atoms with Crippen LogP contribution in [0, 0.1) is 5.92 Å². The molecule has 0 spiro atoms. The minimum absolute atomic E-state index is 0. The lowest BCUT2D eigenvalue weighted by atomic mass is 10.1. The molecule has 0 heterocycles. The summed E-state index contributed by atoms with van der Waals surface area (Å²) in [6.45, 7) is 11.0. The van der Waals surface area contributed by atoms with Crippen LogP contribution in [-0.2, 0) is 9.53 Å². The standard InChI is InChI=1S/C15H32N4O2.HI/c1-12(2)7-10-21-11-9-18-15(16-5)17-8-6-14(20)19-13(3)4;/h12-13H,6-11H2,1-5H3,(H,19,20)(H2,16,17,18);1H. The molecule has 0 atom stereocenters. The van der Waals surface area contributed by atoms with Crippen LogP contribution < -0.4 is 16.0 Å². The van der Waals surface area contributed by atoms with Crippen molar-refractivity contribution in [3.05, 3.63) is 0 Å². The van der Waals surface area contributed by atoms with Gasteiger partial charge in [-0.3, -0.25) is 9.79 Å². The van der Waals surface area contributed by atoms with Gasteiger partial charge in [0.1, 0.15) is 0 Å². The first kappa shape index (κ1) is 23.7. The molecule has 0 aliphatic rings. The first-order valence-corrected chi connectivity index (χ1v) is 7.77. The van der Waals surface area contributed by atoms with Gasteiger partial charge in [0.25, 0.3) is 0 Å². The van der Waals surface area contributed by atoms with E-state index in [2.05, 4.69) is 34.8 Å². The number of nitrogens with zero attached hydrogens (tertiary/aromatic N) is 1. The maximum absolute atomic E-state index is 11.5. The number of ether oxygens (including phenoxy) is 1. The molecule has 0 aromatic carbocycles. The van der Waals surface area contributed by atoms with Crippen molar-refractivity contribution in [3.63, 3.8) is 0 Å². The predicted molar refractivity (Wildman–Crippen MR) is 103 cm³/mol. The van der Waals surface area contributed by atoms with Crippen molar-refractivity contribution >= 4 is 35.8 Å². The third-order valence-corrected chi connectivity index (χ3v) is 2.70. The van der Waals surface area contributed by atoms with Crippen LogP contribution in [0.3, 0.4) is 0 Å². The van der Waals surface area contributed by atoms with Crippen LogP contribution in [0.2, 0.25) is 0 Å². The lowest BCUT2D eigenvalue weighted by molar-refractivity contribution is -0.121. The van der Waals surface area contributed by atoms with E-state index >= 15 is 0 Å². The topological polar surface area (TPSA) is 74.8 Å². The molecule has 7 heteroatoms. The minimum Gasteiger partial charge on any atom is -0.380 e. The van der Waals surface area contributed by atoms with Crippen molar-refractivity contribution in [2.75, 3.05) is 33.4 Å². The largest absolute Gasteiger partial charge is 0.380 e. The van der Waals surface area contributed by atoms with E-state index < -0.39 is 0 Å². The summed E-state index contributed by atoms with van der Waals surface area (Å²) in [4.78, 5) is 15.6. The van der Waals surface area contributed by atoms with Crippen molar-refractivity contribution in [1.29, 1.82) is 0 Å². The van der Waals surface area contributed by atoms with Crippen LogP contribution in [0.25, 0.3) is 0 Å². The molecule has 0 rings (SSSR count). The Morgan fingerprint density at radius 1 is 1.09 bits per heavy atom. The van der Waals surface area contributed by atoms with Crippen molar-refractivity contribution < 1.29 is 9.53 Å². The van der Waals surface area contributed by atoms with Gasteiger partial charge in [-0.05, 0) is 26.2 Å². The molecule has 22 heavy (non-hydrogen) atoms. The van der Waals surface area contributed by atoms with Gasteiger partial charge in [0.2, 0.25) is 5.91 Å². The smallest absolute Gasteiger partial charge is 0.221 e. The zero-order valence-corrected chi connectivity index (χ0v) is 16.9. The van der Waals surface area contributed by atoms with Crippen LogP contribution in [0.15, 0.2) is 4.99 Å². The maximum Gasteiger partial charge on any atom is 0.221 e. The quantitative estimate of drug-likeness (QED) is 0.215. The van der Waals surface area contributed by atoms with Gasteiger partial charge >= 0.3 is 0 Å². The number of hydrogen-bond donors (Lipinski definition) is 3. The second kappa shape index (κ2) is 15.3. The molecule has 0 unspecified atom stereocenters. The highest BCUT2D eigenvalue weighted by atomic mass is 127. The number of nitrogens with one attached hydrogen (secondary N) is 3. The first-order valence-electron chi connectivity index (χ1n) is 7.77. The number of hydrogen-bond acceptors (Lipinski definition) is 3. The van der Waals surface area contributed by atoms with E-state index in [0.717, 1.165) is 13.0 Å². The highest BCUT2D eigenvalue weighted by Gasteiger charge is 2.03. The highest BCUT2D eigenvalue weighted by molar-refractivity contribution is 14.0.